The van der Waals surface area contributed by atoms with Gasteiger partial charge >= 0.3 is 6.43 Å². The van der Waals surface area contributed by atoms with Gasteiger partial charge in [-0.05, 0) is 19.5 Å². The van der Waals surface area contributed by atoms with Crippen LogP contribution in [0.3, 0.4) is 0 Å². The summed E-state index contributed by atoms with van der Waals surface area (Å²) in [5.41, 5.74) is 0. The number of rotatable bonds is 4. The standard InChI is InChI=1S/C10H18F2N2O/c1-3-13(4-2)8-5-6-14(7-8)10(15)9(11)12/h8-9H,3-7H2,1-2H3. The Morgan fingerprint density at radius 3 is 2.53 bits per heavy atom. The molecule has 0 aromatic heterocycles. The van der Waals surface area contributed by atoms with E-state index in [4.69, 9.17) is 0 Å². The molecule has 1 amide bonds. The highest BCUT2D eigenvalue weighted by Crippen LogP contribution is 2.17. The molecule has 1 rings (SSSR count). The van der Waals surface area contributed by atoms with E-state index in [2.05, 4.69) is 4.90 Å². The summed E-state index contributed by atoms with van der Waals surface area (Å²) in [4.78, 5) is 14.5. The van der Waals surface area contributed by atoms with E-state index in [1.54, 1.807) is 0 Å². The Balaban J connectivity index is 2.48. The van der Waals surface area contributed by atoms with E-state index in [9.17, 15) is 13.6 Å². The maximum atomic E-state index is 12.2. The summed E-state index contributed by atoms with van der Waals surface area (Å²) in [6.45, 7) is 6.80. The van der Waals surface area contributed by atoms with E-state index in [1.807, 2.05) is 13.8 Å². The minimum absolute atomic E-state index is 0.252. The highest BCUT2D eigenvalue weighted by Gasteiger charge is 2.32. The molecule has 0 aromatic rings. The first-order valence-corrected chi connectivity index (χ1v) is 5.41. The number of nitrogens with zero attached hydrogens (tertiary/aromatic N) is 2. The van der Waals surface area contributed by atoms with Gasteiger partial charge < -0.3 is 4.90 Å². The maximum absolute atomic E-state index is 12.2. The Kier molecular flexibility index (Phi) is 4.45. The first-order chi connectivity index (χ1) is 7.10. The van der Waals surface area contributed by atoms with Crippen molar-refractivity contribution in [3.05, 3.63) is 0 Å². The van der Waals surface area contributed by atoms with Crippen LogP contribution in [0.25, 0.3) is 0 Å². The van der Waals surface area contributed by atoms with E-state index >= 15 is 0 Å². The number of carbonyl (C=O) groups is 1. The van der Waals surface area contributed by atoms with Crippen LogP contribution in [0.1, 0.15) is 20.3 Å². The van der Waals surface area contributed by atoms with Crippen molar-refractivity contribution >= 4 is 5.91 Å². The average Bonchev–Trinajstić information content (AvgIpc) is 2.67. The van der Waals surface area contributed by atoms with Gasteiger partial charge in [0.05, 0.1) is 0 Å². The van der Waals surface area contributed by atoms with Gasteiger partial charge in [-0.1, -0.05) is 13.8 Å². The molecule has 1 fully saturated rings. The van der Waals surface area contributed by atoms with Crippen molar-refractivity contribution in [1.82, 2.24) is 9.80 Å². The van der Waals surface area contributed by atoms with E-state index in [0.717, 1.165) is 19.5 Å². The number of hydrogen-bond acceptors (Lipinski definition) is 2. The molecule has 0 radical (unpaired) electrons. The van der Waals surface area contributed by atoms with Gasteiger partial charge in [0.2, 0.25) is 0 Å². The zero-order chi connectivity index (χ0) is 11.4. The van der Waals surface area contributed by atoms with Gasteiger partial charge in [-0.15, -0.1) is 0 Å². The van der Waals surface area contributed by atoms with Crippen LogP contribution in [-0.4, -0.2) is 54.4 Å². The Labute approximate surface area is 89.0 Å². The van der Waals surface area contributed by atoms with Gasteiger partial charge in [0, 0.05) is 19.1 Å². The molecule has 5 heteroatoms. The van der Waals surface area contributed by atoms with Crippen LogP contribution in [0, 0.1) is 0 Å². The number of hydrogen-bond donors (Lipinski definition) is 0. The molecule has 88 valence electrons. The summed E-state index contributed by atoms with van der Waals surface area (Å²) in [6.07, 6.45) is -2.05. The van der Waals surface area contributed by atoms with Crippen LogP contribution in [-0.2, 0) is 4.79 Å². The molecule has 0 aromatic carbocycles. The van der Waals surface area contributed by atoms with Crippen molar-refractivity contribution in [2.24, 2.45) is 0 Å². The summed E-state index contributed by atoms with van der Waals surface area (Å²) in [5.74, 6) is -1.02. The predicted octanol–water partition coefficient (Wildman–Crippen LogP) is 1.19. The molecular weight excluding hydrogens is 202 g/mol. The van der Waals surface area contributed by atoms with E-state index in [1.165, 1.54) is 4.90 Å². The molecular formula is C10H18F2N2O. The van der Waals surface area contributed by atoms with Crippen LogP contribution in [0.4, 0.5) is 8.78 Å². The second-order valence-corrected chi connectivity index (χ2v) is 3.75. The second kappa shape index (κ2) is 5.39. The van der Waals surface area contributed by atoms with Gasteiger partial charge in [0.15, 0.2) is 0 Å². The smallest absolute Gasteiger partial charge is 0.315 e. The number of amides is 1. The van der Waals surface area contributed by atoms with E-state index in [-0.39, 0.29) is 6.04 Å². The summed E-state index contributed by atoms with van der Waals surface area (Å²) in [5, 5.41) is 0. The number of alkyl halides is 2. The van der Waals surface area contributed by atoms with E-state index in [0.29, 0.717) is 13.1 Å². The van der Waals surface area contributed by atoms with Crippen molar-refractivity contribution in [2.45, 2.75) is 32.7 Å². The Bertz CT molecular complexity index is 219. The lowest BCUT2D eigenvalue weighted by Gasteiger charge is -2.25. The van der Waals surface area contributed by atoms with Gasteiger partial charge in [-0.2, -0.15) is 8.78 Å². The van der Waals surface area contributed by atoms with Crippen molar-refractivity contribution in [2.75, 3.05) is 26.2 Å². The molecule has 3 nitrogen and oxygen atoms in total. The minimum atomic E-state index is -2.86. The normalized spacial score (nSPS) is 21.7. The van der Waals surface area contributed by atoms with Gasteiger partial charge in [-0.3, -0.25) is 9.69 Å². The lowest BCUT2D eigenvalue weighted by atomic mass is 10.2. The fourth-order valence-corrected chi connectivity index (χ4v) is 2.12. The molecule has 1 saturated heterocycles. The van der Waals surface area contributed by atoms with Crippen molar-refractivity contribution in [3.63, 3.8) is 0 Å². The fourth-order valence-electron chi connectivity index (χ4n) is 2.12. The van der Waals surface area contributed by atoms with Crippen LogP contribution in [0.15, 0.2) is 0 Å². The summed E-state index contributed by atoms with van der Waals surface area (Å²) >= 11 is 0. The third-order valence-corrected chi connectivity index (χ3v) is 2.99. The highest BCUT2D eigenvalue weighted by molar-refractivity contribution is 5.79. The first-order valence-electron chi connectivity index (χ1n) is 5.41. The molecule has 1 aliphatic heterocycles. The SMILES string of the molecule is CCN(CC)C1CCN(C(=O)C(F)F)C1. The number of carbonyl (C=O) groups excluding carboxylic acids is 1. The molecule has 1 unspecified atom stereocenters. The number of likely N-dealkylation sites (N-methyl/N-ethyl adjacent to an activating group) is 1. The molecule has 0 spiro atoms. The molecule has 0 N–H and O–H groups in total. The van der Waals surface area contributed by atoms with Crippen LogP contribution in [0.5, 0.6) is 0 Å². The van der Waals surface area contributed by atoms with Gasteiger partial charge in [0.1, 0.15) is 0 Å². The Hall–Kier alpha value is -0.710. The third kappa shape index (κ3) is 2.87. The first kappa shape index (κ1) is 12.4. The van der Waals surface area contributed by atoms with Crippen molar-refractivity contribution in [1.29, 1.82) is 0 Å². The maximum Gasteiger partial charge on any atom is 0.315 e. The molecule has 1 heterocycles. The highest BCUT2D eigenvalue weighted by atomic mass is 19.3. The molecule has 0 aliphatic carbocycles. The van der Waals surface area contributed by atoms with E-state index < -0.39 is 12.3 Å². The van der Waals surface area contributed by atoms with Crippen LogP contribution in [0.2, 0.25) is 0 Å². The number of likely N-dealkylation sites (tertiary alicyclic amines) is 1. The molecule has 0 saturated carbocycles. The lowest BCUT2D eigenvalue weighted by Crippen LogP contribution is -2.40. The van der Waals surface area contributed by atoms with Crippen LogP contribution < -0.4 is 0 Å². The Morgan fingerprint density at radius 2 is 2.07 bits per heavy atom. The monoisotopic (exact) mass is 220 g/mol. The lowest BCUT2D eigenvalue weighted by molar-refractivity contribution is -0.141. The zero-order valence-corrected chi connectivity index (χ0v) is 9.25. The average molecular weight is 220 g/mol. The van der Waals surface area contributed by atoms with Crippen molar-refractivity contribution in [3.8, 4) is 0 Å². The Morgan fingerprint density at radius 1 is 1.47 bits per heavy atom. The van der Waals surface area contributed by atoms with Gasteiger partial charge in [0.25, 0.3) is 5.91 Å². The molecule has 0 bridgehead atoms. The van der Waals surface area contributed by atoms with Crippen molar-refractivity contribution < 1.29 is 13.6 Å². The van der Waals surface area contributed by atoms with Gasteiger partial charge in [-0.25, -0.2) is 0 Å². The molecule has 15 heavy (non-hydrogen) atoms. The minimum Gasteiger partial charge on any atom is -0.336 e. The van der Waals surface area contributed by atoms with Crippen LogP contribution >= 0.6 is 0 Å². The summed E-state index contributed by atoms with van der Waals surface area (Å²) < 4.78 is 24.3. The third-order valence-electron chi connectivity index (χ3n) is 2.99. The molecule has 1 atom stereocenters. The second-order valence-electron chi connectivity index (χ2n) is 3.75. The predicted molar refractivity (Wildman–Crippen MR) is 53.9 cm³/mol. The largest absolute Gasteiger partial charge is 0.336 e. The topological polar surface area (TPSA) is 23.6 Å². The molecule has 1 aliphatic rings. The quantitative estimate of drug-likeness (QED) is 0.710. The summed E-state index contributed by atoms with van der Waals surface area (Å²) in [7, 11) is 0. The zero-order valence-electron chi connectivity index (χ0n) is 9.25. The fraction of sp³-hybridized carbons (Fsp3) is 0.900. The summed E-state index contributed by atoms with van der Waals surface area (Å²) in [6, 6.07) is 0.252. The number of halogens is 2.